The van der Waals surface area contributed by atoms with Gasteiger partial charge in [-0.3, -0.25) is 0 Å². The predicted molar refractivity (Wildman–Crippen MR) is 73.3 cm³/mol. The summed E-state index contributed by atoms with van der Waals surface area (Å²) in [5, 5.41) is 8.93. The summed E-state index contributed by atoms with van der Waals surface area (Å²) >= 11 is 5.86. The Hall–Kier alpha value is -1.09. The Labute approximate surface area is 118 Å². The van der Waals surface area contributed by atoms with Crippen molar-refractivity contribution in [2.75, 3.05) is 0 Å². The minimum atomic E-state index is -3.56. The molecule has 1 fully saturated rings. The van der Waals surface area contributed by atoms with Crippen LogP contribution in [0.25, 0.3) is 0 Å². The molecule has 0 spiro atoms. The molecule has 1 saturated carbocycles. The van der Waals surface area contributed by atoms with Gasteiger partial charge in [-0.1, -0.05) is 18.5 Å². The molecule has 1 aliphatic rings. The zero-order chi connectivity index (χ0) is 14.0. The van der Waals surface area contributed by atoms with Gasteiger partial charge in [-0.25, -0.2) is 13.1 Å². The number of benzene rings is 1. The molecule has 0 amide bonds. The zero-order valence-corrected chi connectivity index (χ0v) is 12.1. The highest BCUT2D eigenvalue weighted by Crippen LogP contribution is 2.27. The second-order valence-electron chi connectivity index (χ2n) is 4.99. The average molecular weight is 299 g/mol. The number of hydrogen-bond acceptors (Lipinski definition) is 3. The van der Waals surface area contributed by atoms with Crippen LogP contribution >= 0.6 is 11.6 Å². The first kappa shape index (κ1) is 14.3. The Morgan fingerprint density at radius 3 is 2.68 bits per heavy atom. The largest absolute Gasteiger partial charge is 0.240 e. The molecule has 0 aliphatic heterocycles. The van der Waals surface area contributed by atoms with E-state index in [2.05, 4.69) is 11.6 Å². The molecular formula is C13H15ClN2O2S. The van der Waals surface area contributed by atoms with Crippen molar-refractivity contribution < 1.29 is 8.42 Å². The molecule has 2 unspecified atom stereocenters. The topological polar surface area (TPSA) is 70.0 Å². The van der Waals surface area contributed by atoms with Crippen LogP contribution in [0.4, 0.5) is 0 Å². The molecule has 0 radical (unpaired) electrons. The summed E-state index contributed by atoms with van der Waals surface area (Å²) in [5.41, 5.74) is 0.273. The molecule has 2 rings (SSSR count). The summed E-state index contributed by atoms with van der Waals surface area (Å²) in [6, 6.07) is 6.05. The van der Waals surface area contributed by atoms with Crippen molar-refractivity contribution in [1.82, 2.24) is 4.72 Å². The highest BCUT2D eigenvalue weighted by molar-refractivity contribution is 7.89. The molecule has 1 aromatic rings. The first-order valence-electron chi connectivity index (χ1n) is 6.14. The van der Waals surface area contributed by atoms with E-state index in [1.54, 1.807) is 0 Å². The molecule has 102 valence electrons. The Morgan fingerprint density at radius 2 is 2.16 bits per heavy atom. The standard InChI is InChI=1S/C13H15ClN2O2S/c1-9-2-4-11(6-9)16-19(17,18)12-5-3-10(8-15)13(14)7-12/h3,5,7,9,11,16H,2,4,6H2,1H3. The smallest absolute Gasteiger partial charge is 0.208 e. The molecule has 0 heterocycles. The molecule has 0 saturated heterocycles. The number of nitrogens with zero attached hydrogens (tertiary/aromatic N) is 1. The Balaban J connectivity index is 2.20. The molecule has 0 aromatic heterocycles. The van der Waals surface area contributed by atoms with Crippen LogP contribution in [0, 0.1) is 17.2 Å². The quantitative estimate of drug-likeness (QED) is 0.932. The Bertz CT molecular complexity index is 622. The molecular weight excluding hydrogens is 284 g/mol. The van der Waals surface area contributed by atoms with E-state index >= 15 is 0 Å². The first-order valence-corrected chi connectivity index (χ1v) is 8.00. The van der Waals surface area contributed by atoms with E-state index in [1.807, 2.05) is 6.07 Å². The van der Waals surface area contributed by atoms with Crippen LogP contribution in [0.2, 0.25) is 5.02 Å². The van der Waals surface area contributed by atoms with Crippen LogP contribution in [0.15, 0.2) is 23.1 Å². The van der Waals surface area contributed by atoms with Crippen molar-refractivity contribution >= 4 is 21.6 Å². The lowest BCUT2D eigenvalue weighted by molar-refractivity contribution is 0.538. The van der Waals surface area contributed by atoms with Crippen LogP contribution in [-0.4, -0.2) is 14.5 Å². The minimum Gasteiger partial charge on any atom is -0.208 e. The summed E-state index contributed by atoms with van der Waals surface area (Å²) in [6.45, 7) is 2.12. The van der Waals surface area contributed by atoms with Gasteiger partial charge in [-0.15, -0.1) is 0 Å². The minimum absolute atomic E-state index is 0.00517. The number of halogens is 1. The van der Waals surface area contributed by atoms with Gasteiger partial charge in [0.1, 0.15) is 6.07 Å². The van der Waals surface area contributed by atoms with Gasteiger partial charge < -0.3 is 0 Å². The van der Waals surface area contributed by atoms with Crippen LogP contribution in [0.5, 0.6) is 0 Å². The fourth-order valence-electron chi connectivity index (χ4n) is 2.36. The number of nitriles is 1. The highest BCUT2D eigenvalue weighted by atomic mass is 35.5. The maximum absolute atomic E-state index is 12.2. The third-order valence-electron chi connectivity index (χ3n) is 3.39. The van der Waals surface area contributed by atoms with Gasteiger partial charge in [0.25, 0.3) is 0 Å². The molecule has 1 aromatic carbocycles. The maximum atomic E-state index is 12.2. The van der Waals surface area contributed by atoms with Crippen molar-refractivity contribution in [2.45, 2.75) is 37.1 Å². The fraction of sp³-hybridized carbons (Fsp3) is 0.462. The van der Waals surface area contributed by atoms with E-state index in [0.717, 1.165) is 19.3 Å². The van der Waals surface area contributed by atoms with Crippen molar-refractivity contribution in [1.29, 1.82) is 5.26 Å². The van der Waals surface area contributed by atoms with Crippen molar-refractivity contribution in [3.05, 3.63) is 28.8 Å². The SMILES string of the molecule is CC1CCC(NS(=O)(=O)c2ccc(C#N)c(Cl)c2)C1. The third kappa shape index (κ3) is 3.27. The fourth-order valence-corrected chi connectivity index (χ4v) is 3.95. The second-order valence-corrected chi connectivity index (χ2v) is 7.11. The van der Waals surface area contributed by atoms with Gasteiger partial charge in [-0.05, 0) is 43.4 Å². The van der Waals surface area contributed by atoms with E-state index in [0.29, 0.717) is 5.92 Å². The second kappa shape index (κ2) is 5.49. The van der Waals surface area contributed by atoms with Gasteiger partial charge in [-0.2, -0.15) is 5.26 Å². The predicted octanol–water partition coefficient (Wildman–Crippen LogP) is 2.68. The lowest BCUT2D eigenvalue weighted by Gasteiger charge is -2.13. The number of sulfonamides is 1. The lowest BCUT2D eigenvalue weighted by Crippen LogP contribution is -2.32. The average Bonchev–Trinajstić information content (AvgIpc) is 2.73. The molecule has 2 atom stereocenters. The van der Waals surface area contributed by atoms with E-state index in [4.69, 9.17) is 16.9 Å². The molecule has 0 bridgehead atoms. The van der Waals surface area contributed by atoms with Gasteiger partial charge in [0.05, 0.1) is 15.5 Å². The normalized spacial score (nSPS) is 23.2. The number of rotatable bonds is 3. The number of nitrogens with one attached hydrogen (secondary N) is 1. The van der Waals surface area contributed by atoms with Gasteiger partial charge in [0.2, 0.25) is 10.0 Å². The Morgan fingerprint density at radius 1 is 1.42 bits per heavy atom. The zero-order valence-electron chi connectivity index (χ0n) is 10.6. The summed E-state index contributed by atoms with van der Waals surface area (Å²) in [6.07, 6.45) is 2.77. The van der Waals surface area contributed by atoms with Gasteiger partial charge in [0, 0.05) is 6.04 Å². The third-order valence-corrected chi connectivity index (χ3v) is 5.22. The van der Waals surface area contributed by atoms with Crippen molar-refractivity contribution in [2.24, 2.45) is 5.92 Å². The van der Waals surface area contributed by atoms with Gasteiger partial charge >= 0.3 is 0 Å². The van der Waals surface area contributed by atoms with E-state index in [1.165, 1.54) is 18.2 Å². The van der Waals surface area contributed by atoms with E-state index in [-0.39, 0.29) is 21.5 Å². The summed E-state index contributed by atoms with van der Waals surface area (Å²) in [4.78, 5) is 0.107. The summed E-state index contributed by atoms with van der Waals surface area (Å²) in [7, 11) is -3.56. The number of hydrogen-bond donors (Lipinski definition) is 1. The highest BCUT2D eigenvalue weighted by Gasteiger charge is 2.26. The molecule has 6 heteroatoms. The summed E-state index contributed by atoms with van der Waals surface area (Å²) < 4.78 is 27.1. The maximum Gasteiger partial charge on any atom is 0.240 e. The van der Waals surface area contributed by atoms with Crippen molar-refractivity contribution in [3.63, 3.8) is 0 Å². The van der Waals surface area contributed by atoms with Gasteiger partial charge in [0.15, 0.2) is 0 Å². The summed E-state index contributed by atoms with van der Waals surface area (Å²) in [5.74, 6) is 0.553. The van der Waals surface area contributed by atoms with Crippen LogP contribution in [0.1, 0.15) is 31.7 Å². The molecule has 1 aliphatic carbocycles. The van der Waals surface area contributed by atoms with E-state index < -0.39 is 10.0 Å². The molecule has 1 N–H and O–H groups in total. The lowest BCUT2D eigenvalue weighted by atomic mass is 10.1. The van der Waals surface area contributed by atoms with Crippen LogP contribution < -0.4 is 4.72 Å². The van der Waals surface area contributed by atoms with E-state index in [9.17, 15) is 8.42 Å². The van der Waals surface area contributed by atoms with Crippen LogP contribution in [0.3, 0.4) is 0 Å². The van der Waals surface area contributed by atoms with Crippen molar-refractivity contribution in [3.8, 4) is 6.07 Å². The first-order chi connectivity index (χ1) is 8.92. The van der Waals surface area contributed by atoms with Crippen LogP contribution in [-0.2, 0) is 10.0 Å². The molecule has 4 nitrogen and oxygen atoms in total. The molecule has 19 heavy (non-hydrogen) atoms. The monoisotopic (exact) mass is 298 g/mol. The Kier molecular flexibility index (Phi) is 4.14.